The predicted octanol–water partition coefficient (Wildman–Crippen LogP) is 2.32. The van der Waals surface area contributed by atoms with E-state index in [1.165, 1.54) is 0 Å². The van der Waals surface area contributed by atoms with Gasteiger partial charge in [-0.2, -0.15) is 0 Å². The van der Waals surface area contributed by atoms with Gasteiger partial charge in [-0.15, -0.1) is 0 Å². The average Bonchev–Trinajstić information content (AvgIpc) is 2.48. The standard InChI is InChI=1S/C17H23NO4/c1-4-21-15(19)17(16(20)22-5-2)11-12-18(17)13(3)14-9-7-6-8-10-14/h6-10,13H,4-5,11-12H2,1-3H3/t13-/m0/s1. The summed E-state index contributed by atoms with van der Waals surface area (Å²) in [6.45, 7) is 6.61. The maximum Gasteiger partial charge on any atom is 0.338 e. The molecular weight excluding hydrogens is 282 g/mol. The molecule has 1 saturated heterocycles. The summed E-state index contributed by atoms with van der Waals surface area (Å²) in [6, 6.07) is 9.75. The van der Waals surface area contributed by atoms with E-state index in [0.29, 0.717) is 13.0 Å². The minimum absolute atomic E-state index is 0.0660. The van der Waals surface area contributed by atoms with Crippen molar-refractivity contribution < 1.29 is 19.1 Å². The van der Waals surface area contributed by atoms with Gasteiger partial charge in [0.15, 0.2) is 0 Å². The topological polar surface area (TPSA) is 55.8 Å². The van der Waals surface area contributed by atoms with E-state index < -0.39 is 17.5 Å². The first kappa shape index (κ1) is 16.5. The summed E-state index contributed by atoms with van der Waals surface area (Å²) in [5.74, 6) is -1.02. The van der Waals surface area contributed by atoms with Gasteiger partial charge < -0.3 is 9.47 Å². The summed E-state index contributed by atoms with van der Waals surface area (Å²) in [6.07, 6.45) is 0.432. The van der Waals surface area contributed by atoms with Gasteiger partial charge in [-0.3, -0.25) is 4.90 Å². The van der Waals surface area contributed by atoms with Crippen LogP contribution in [0.15, 0.2) is 30.3 Å². The van der Waals surface area contributed by atoms with Crippen LogP contribution in [0.1, 0.15) is 38.8 Å². The largest absolute Gasteiger partial charge is 0.464 e. The number of ether oxygens (including phenoxy) is 2. The van der Waals surface area contributed by atoms with Crippen molar-refractivity contribution in [1.29, 1.82) is 0 Å². The number of esters is 2. The molecule has 5 heteroatoms. The van der Waals surface area contributed by atoms with Gasteiger partial charge in [0, 0.05) is 19.0 Å². The molecule has 1 aliphatic heterocycles. The molecule has 0 spiro atoms. The molecule has 2 rings (SSSR count). The second-order valence-electron chi connectivity index (χ2n) is 5.33. The Hall–Kier alpha value is -1.88. The molecule has 1 fully saturated rings. The Bertz CT molecular complexity index is 511. The summed E-state index contributed by atoms with van der Waals surface area (Å²) in [5.41, 5.74) is -0.249. The summed E-state index contributed by atoms with van der Waals surface area (Å²) in [4.78, 5) is 26.8. The van der Waals surface area contributed by atoms with Crippen molar-refractivity contribution in [3.8, 4) is 0 Å². The summed E-state index contributed by atoms with van der Waals surface area (Å²) < 4.78 is 10.3. The van der Waals surface area contributed by atoms with Crippen LogP contribution in [0.25, 0.3) is 0 Å². The third-order valence-corrected chi connectivity index (χ3v) is 4.18. The van der Waals surface area contributed by atoms with E-state index in [9.17, 15) is 9.59 Å². The maximum atomic E-state index is 12.4. The van der Waals surface area contributed by atoms with Crippen LogP contribution < -0.4 is 0 Å². The fraction of sp³-hybridized carbons (Fsp3) is 0.529. The van der Waals surface area contributed by atoms with E-state index in [-0.39, 0.29) is 19.3 Å². The lowest BCUT2D eigenvalue weighted by Crippen LogP contribution is -2.70. The minimum Gasteiger partial charge on any atom is -0.464 e. The quantitative estimate of drug-likeness (QED) is 0.596. The van der Waals surface area contributed by atoms with Crippen molar-refractivity contribution in [3.05, 3.63) is 35.9 Å². The molecule has 22 heavy (non-hydrogen) atoms. The molecule has 0 N–H and O–H groups in total. The molecule has 120 valence electrons. The lowest BCUT2D eigenvalue weighted by atomic mass is 9.81. The molecule has 0 radical (unpaired) electrons. The fourth-order valence-corrected chi connectivity index (χ4v) is 2.92. The van der Waals surface area contributed by atoms with Gasteiger partial charge in [0.05, 0.1) is 13.2 Å². The van der Waals surface area contributed by atoms with E-state index in [1.807, 2.05) is 42.2 Å². The molecule has 0 aliphatic carbocycles. The zero-order valence-corrected chi connectivity index (χ0v) is 13.4. The first-order valence-corrected chi connectivity index (χ1v) is 7.74. The van der Waals surface area contributed by atoms with E-state index in [4.69, 9.17) is 9.47 Å². The van der Waals surface area contributed by atoms with Crippen LogP contribution in [0.2, 0.25) is 0 Å². The molecule has 0 unspecified atom stereocenters. The Labute approximate surface area is 131 Å². The minimum atomic E-state index is -1.30. The van der Waals surface area contributed by atoms with Crippen LogP contribution in [-0.2, 0) is 19.1 Å². The number of carbonyl (C=O) groups is 2. The summed E-state index contributed by atoms with van der Waals surface area (Å²) >= 11 is 0. The van der Waals surface area contributed by atoms with Crippen LogP contribution in [-0.4, -0.2) is 42.1 Å². The molecule has 1 aliphatic rings. The molecule has 0 bridgehead atoms. The van der Waals surface area contributed by atoms with Crippen LogP contribution in [0.3, 0.4) is 0 Å². The first-order chi connectivity index (χ1) is 10.6. The summed E-state index contributed by atoms with van der Waals surface area (Å²) in [5, 5.41) is 0. The zero-order valence-electron chi connectivity index (χ0n) is 13.4. The molecule has 0 aromatic heterocycles. The second-order valence-corrected chi connectivity index (χ2v) is 5.33. The average molecular weight is 305 g/mol. The smallest absolute Gasteiger partial charge is 0.338 e. The maximum absolute atomic E-state index is 12.4. The van der Waals surface area contributed by atoms with E-state index in [2.05, 4.69) is 0 Å². The number of rotatable bonds is 6. The molecule has 0 amide bonds. The molecule has 1 atom stereocenters. The Kier molecular flexibility index (Phi) is 5.19. The Balaban J connectivity index is 2.30. The van der Waals surface area contributed by atoms with Crippen molar-refractivity contribution in [2.24, 2.45) is 0 Å². The van der Waals surface area contributed by atoms with Crippen LogP contribution in [0, 0.1) is 0 Å². The van der Waals surface area contributed by atoms with Gasteiger partial charge in [-0.05, 0) is 26.3 Å². The van der Waals surface area contributed by atoms with Crippen molar-refractivity contribution in [2.75, 3.05) is 19.8 Å². The molecule has 1 aromatic rings. The fourth-order valence-electron chi connectivity index (χ4n) is 2.92. The number of likely N-dealkylation sites (tertiary alicyclic amines) is 1. The van der Waals surface area contributed by atoms with Crippen molar-refractivity contribution in [3.63, 3.8) is 0 Å². The van der Waals surface area contributed by atoms with Gasteiger partial charge in [-0.1, -0.05) is 30.3 Å². The molecular formula is C17H23NO4. The Morgan fingerprint density at radius 3 is 2.09 bits per heavy atom. The van der Waals surface area contributed by atoms with Gasteiger partial charge in [0.2, 0.25) is 5.54 Å². The van der Waals surface area contributed by atoms with Gasteiger partial charge in [0.1, 0.15) is 0 Å². The molecule has 5 nitrogen and oxygen atoms in total. The van der Waals surface area contributed by atoms with Crippen LogP contribution >= 0.6 is 0 Å². The van der Waals surface area contributed by atoms with Gasteiger partial charge in [0.25, 0.3) is 0 Å². The first-order valence-electron chi connectivity index (χ1n) is 7.74. The van der Waals surface area contributed by atoms with E-state index in [0.717, 1.165) is 5.56 Å². The number of nitrogens with zero attached hydrogens (tertiary/aromatic N) is 1. The predicted molar refractivity (Wildman–Crippen MR) is 82.2 cm³/mol. The Morgan fingerprint density at radius 1 is 1.14 bits per heavy atom. The summed E-state index contributed by atoms with van der Waals surface area (Å²) in [7, 11) is 0. The lowest BCUT2D eigenvalue weighted by Gasteiger charge is -2.51. The highest BCUT2D eigenvalue weighted by molar-refractivity contribution is 6.06. The van der Waals surface area contributed by atoms with Crippen molar-refractivity contribution >= 4 is 11.9 Å². The van der Waals surface area contributed by atoms with Crippen LogP contribution in [0.4, 0.5) is 0 Å². The number of carbonyl (C=O) groups excluding carboxylic acids is 2. The SMILES string of the molecule is CCOC(=O)C1(C(=O)OCC)CCN1[C@@H](C)c1ccccc1. The Morgan fingerprint density at radius 2 is 1.68 bits per heavy atom. The van der Waals surface area contributed by atoms with Gasteiger partial charge in [-0.25, -0.2) is 9.59 Å². The molecule has 1 aromatic carbocycles. The van der Waals surface area contributed by atoms with Crippen molar-refractivity contribution in [1.82, 2.24) is 4.90 Å². The highest BCUT2D eigenvalue weighted by Gasteiger charge is 2.61. The molecule has 1 heterocycles. The normalized spacial score (nSPS) is 18.1. The van der Waals surface area contributed by atoms with Gasteiger partial charge >= 0.3 is 11.9 Å². The monoisotopic (exact) mass is 305 g/mol. The number of hydrogen-bond acceptors (Lipinski definition) is 5. The third kappa shape index (κ3) is 2.73. The third-order valence-electron chi connectivity index (χ3n) is 4.18. The zero-order chi connectivity index (χ0) is 16.2. The number of benzene rings is 1. The molecule has 0 saturated carbocycles. The van der Waals surface area contributed by atoms with E-state index >= 15 is 0 Å². The second kappa shape index (κ2) is 6.92. The highest BCUT2D eigenvalue weighted by atomic mass is 16.6. The highest BCUT2D eigenvalue weighted by Crippen LogP contribution is 2.40. The number of hydrogen-bond donors (Lipinski definition) is 0. The lowest BCUT2D eigenvalue weighted by molar-refractivity contribution is -0.190. The van der Waals surface area contributed by atoms with Crippen molar-refractivity contribution in [2.45, 2.75) is 38.8 Å². The van der Waals surface area contributed by atoms with Crippen LogP contribution in [0.5, 0.6) is 0 Å². The van der Waals surface area contributed by atoms with E-state index in [1.54, 1.807) is 13.8 Å².